The van der Waals surface area contributed by atoms with E-state index in [0.717, 1.165) is 60.3 Å². The molecule has 0 saturated heterocycles. The summed E-state index contributed by atoms with van der Waals surface area (Å²) in [5.41, 5.74) is 2.51. The Balaban J connectivity index is 1.55. The number of fused-ring (bicyclic) bond motifs is 3. The zero-order valence-corrected chi connectivity index (χ0v) is 18.0. The first-order chi connectivity index (χ1) is 14.2. The molecule has 2 aromatic heterocycles. The second kappa shape index (κ2) is 8.07. The molecule has 0 bridgehead atoms. The maximum absolute atomic E-state index is 13.5. The number of rotatable bonds is 5. The molecular weight excluding hydrogens is 400 g/mol. The van der Waals surface area contributed by atoms with Crippen LogP contribution in [0.2, 0.25) is 0 Å². The molecule has 1 atom stereocenters. The molecule has 0 radical (unpaired) electrons. The van der Waals surface area contributed by atoms with Crippen LogP contribution >= 0.6 is 23.1 Å². The average molecular weight is 425 g/mol. The van der Waals surface area contributed by atoms with Crippen LogP contribution in [0.5, 0.6) is 0 Å². The van der Waals surface area contributed by atoms with E-state index in [1.807, 2.05) is 22.8 Å². The van der Waals surface area contributed by atoms with Gasteiger partial charge in [-0.15, -0.1) is 11.3 Å². The SMILES string of the molecule is O=C1CCCC[C@@H]1Sc1nc2sc3c(c2c(=O)n1CCc1ccccc1)CCC3. The Kier molecular flexibility index (Phi) is 5.31. The van der Waals surface area contributed by atoms with Crippen molar-refractivity contribution in [2.45, 2.75) is 68.3 Å². The summed E-state index contributed by atoms with van der Waals surface area (Å²) in [5.74, 6) is 0.305. The Hall–Kier alpha value is -1.92. The highest BCUT2D eigenvalue weighted by atomic mass is 32.2. The minimum atomic E-state index is -0.0668. The molecule has 150 valence electrons. The van der Waals surface area contributed by atoms with Crippen molar-refractivity contribution in [3.63, 3.8) is 0 Å². The van der Waals surface area contributed by atoms with Crippen LogP contribution < -0.4 is 5.56 Å². The number of benzene rings is 1. The highest BCUT2D eigenvalue weighted by molar-refractivity contribution is 8.00. The minimum absolute atomic E-state index is 0.0668. The highest BCUT2D eigenvalue weighted by Crippen LogP contribution is 2.37. The van der Waals surface area contributed by atoms with Gasteiger partial charge < -0.3 is 0 Å². The van der Waals surface area contributed by atoms with Crippen LogP contribution in [-0.2, 0) is 30.6 Å². The van der Waals surface area contributed by atoms with Crippen LogP contribution in [0, 0.1) is 0 Å². The van der Waals surface area contributed by atoms with Crippen LogP contribution in [0.4, 0.5) is 0 Å². The van der Waals surface area contributed by atoms with Gasteiger partial charge in [0.1, 0.15) is 10.6 Å². The standard InChI is InChI=1S/C23H24N2O2S2/c26-17-10-4-5-11-19(17)29-23-24-21-20(16-9-6-12-18(16)28-21)22(27)25(23)14-13-15-7-2-1-3-8-15/h1-3,7-8,19H,4-6,9-14H2/t19-/m0/s1. The third-order valence-corrected chi connectivity index (χ3v) is 8.49. The molecular formula is C23H24N2O2S2. The molecule has 4 nitrogen and oxygen atoms in total. The van der Waals surface area contributed by atoms with Crippen molar-refractivity contribution < 1.29 is 4.79 Å². The van der Waals surface area contributed by atoms with E-state index in [2.05, 4.69) is 12.1 Å². The molecule has 0 unspecified atom stereocenters. The van der Waals surface area contributed by atoms with Crippen molar-refractivity contribution in [2.75, 3.05) is 0 Å². The van der Waals surface area contributed by atoms with Crippen LogP contribution in [0.25, 0.3) is 10.2 Å². The summed E-state index contributed by atoms with van der Waals surface area (Å²) in [6.07, 6.45) is 7.56. The molecule has 29 heavy (non-hydrogen) atoms. The van der Waals surface area contributed by atoms with Gasteiger partial charge in [-0.05, 0) is 49.7 Å². The van der Waals surface area contributed by atoms with Gasteiger partial charge in [-0.2, -0.15) is 0 Å². The number of thiophene rings is 1. The molecule has 1 fully saturated rings. The molecule has 1 saturated carbocycles. The van der Waals surface area contributed by atoms with E-state index < -0.39 is 0 Å². The number of nitrogens with zero attached hydrogens (tertiary/aromatic N) is 2. The Bertz CT molecular complexity index is 1120. The molecule has 3 aromatic rings. The first kappa shape index (κ1) is 19.1. The van der Waals surface area contributed by atoms with Crippen LogP contribution in [-0.4, -0.2) is 20.6 Å². The lowest BCUT2D eigenvalue weighted by Crippen LogP contribution is -2.27. The van der Waals surface area contributed by atoms with Crippen LogP contribution in [0.1, 0.15) is 48.1 Å². The lowest BCUT2D eigenvalue weighted by molar-refractivity contribution is -0.119. The first-order valence-electron chi connectivity index (χ1n) is 10.5. The predicted molar refractivity (Wildman–Crippen MR) is 119 cm³/mol. The van der Waals surface area contributed by atoms with E-state index in [4.69, 9.17) is 4.98 Å². The molecule has 1 aromatic carbocycles. The number of hydrogen-bond acceptors (Lipinski definition) is 5. The lowest BCUT2D eigenvalue weighted by atomic mass is 9.99. The molecule has 6 heteroatoms. The van der Waals surface area contributed by atoms with Gasteiger partial charge in [0.2, 0.25) is 0 Å². The van der Waals surface area contributed by atoms with Crippen molar-refractivity contribution >= 4 is 39.1 Å². The van der Waals surface area contributed by atoms with Gasteiger partial charge in [-0.25, -0.2) is 4.98 Å². The monoisotopic (exact) mass is 424 g/mol. The maximum atomic E-state index is 13.5. The summed E-state index contributed by atoms with van der Waals surface area (Å²) in [7, 11) is 0. The largest absolute Gasteiger partial charge is 0.298 e. The third-order valence-electron chi connectivity index (χ3n) is 6.00. The number of thioether (sulfide) groups is 1. The second-order valence-electron chi connectivity index (χ2n) is 7.94. The first-order valence-corrected chi connectivity index (χ1v) is 12.2. The number of hydrogen-bond donors (Lipinski definition) is 0. The van der Waals surface area contributed by atoms with E-state index in [1.165, 1.54) is 27.8 Å². The summed E-state index contributed by atoms with van der Waals surface area (Å²) in [6.45, 7) is 0.597. The third kappa shape index (κ3) is 3.68. The summed E-state index contributed by atoms with van der Waals surface area (Å²) >= 11 is 3.19. The Morgan fingerprint density at radius 3 is 2.76 bits per heavy atom. The number of ketones is 1. The molecule has 0 aliphatic heterocycles. The minimum Gasteiger partial charge on any atom is -0.298 e. The van der Waals surface area contributed by atoms with Crippen molar-refractivity contribution in [3.05, 3.63) is 56.7 Å². The molecule has 0 N–H and O–H groups in total. The molecule has 5 rings (SSSR count). The molecule has 0 amide bonds. The van der Waals surface area contributed by atoms with Gasteiger partial charge in [-0.3, -0.25) is 14.2 Å². The average Bonchev–Trinajstić information content (AvgIpc) is 3.31. The van der Waals surface area contributed by atoms with Crippen molar-refractivity contribution in [3.8, 4) is 0 Å². The summed E-state index contributed by atoms with van der Waals surface area (Å²) in [5, 5.41) is 1.48. The zero-order chi connectivity index (χ0) is 19.8. The van der Waals surface area contributed by atoms with Gasteiger partial charge in [0, 0.05) is 17.8 Å². The Labute approximate surface area is 178 Å². The summed E-state index contributed by atoms with van der Waals surface area (Å²) in [4.78, 5) is 33.1. The van der Waals surface area contributed by atoms with Crippen molar-refractivity contribution in [2.24, 2.45) is 0 Å². The van der Waals surface area contributed by atoms with E-state index in [1.54, 1.807) is 11.3 Å². The molecule has 2 heterocycles. The quantitative estimate of drug-likeness (QED) is 0.553. The van der Waals surface area contributed by atoms with Crippen LogP contribution in [0.3, 0.4) is 0 Å². The number of aromatic nitrogens is 2. The molecule has 2 aliphatic carbocycles. The van der Waals surface area contributed by atoms with Gasteiger partial charge in [0.15, 0.2) is 5.16 Å². The fourth-order valence-electron chi connectivity index (χ4n) is 4.43. The smallest absolute Gasteiger partial charge is 0.263 e. The molecule has 0 spiro atoms. The fourth-order valence-corrected chi connectivity index (χ4v) is 6.98. The number of carbonyl (C=O) groups is 1. The summed E-state index contributed by atoms with van der Waals surface area (Å²) < 4.78 is 1.84. The van der Waals surface area contributed by atoms with Crippen molar-refractivity contribution in [1.29, 1.82) is 0 Å². The maximum Gasteiger partial charge on any atom is 0.263 e. The lowest BCUT2D eigenvalue weighted by Gasteiger charge is -2.21. The zero-order valence-electron chi connectivity index (χ0n) is 16.4. The number of carbonyl (C=O) groups excluding carboxylic acids is 1. The summed E-state index contributed by atoms with van der Waals surface area (Å²) in [6, 6.07) is 10.3. The Morgan fingerprint density at radius 2 is 1.93 bits per heavy atom. The topological polar surface area (TPSA) is 52.0 Å². The Morgan fingerprint density at radius 1 is 1.07 bits per heavy atom. The van der Waals surface area contributed by atoms with Gasteiger partial charge >= 0.3 is 0 Å². The second-order valence-corrected chi connectivity index (χ2v) is 10.2. The van der Waals surface area contributed by atoms with E-state index in [9.17, 15) is 9.59 Å². The van der Waals surface area contributed by atoms with E-state index >= 15 is 0 Å². The fraction of sp³-hybridized carbons (Fsp3) is 0.435. The van der Waals surface area contributed by atoms with Crippen molar-refractivity contribution in [1.82, 2.24) is 9.55 Å². The normalized spacial score (nSPS) is 19.0. The highest BCUT2D eigenvalue weighted by Gasteiger charge is 2.28. The number of aryl methyl sites for hydroxylation is 3. The van der Waals surface area contributed by atoms with E-state index in [0.29, 0.717) is 18.7 Å². The van der Waals surface area contributed by atoms with Gasteiger partial charge in [0.05, 0.1) is 10.6 Å². The van der Waals surface area contributed by atoms with Gasteiger partial charge in [0.25, 0.3) is 5.56 Å². The molecule has 2 aliphatic rings. The van der Waals surface area contributed by atoms with E-state index in [-0.39, 0.29) is 10.8 Å². The van der Waals surface area contributed by atoms with Gasteiger partial charge in [-0.1, -0.05) is 48.5 Å². The number of Topliss-reactive ketones (excluding diaryl/α,β-unsaturated/α-hetero) is 1. The van der Waals surface area contributed by atoms with Crippen LogP contribution in [0.15, 0.2) is 40.3 Å². The predicted octanol–water partition coefficient (Wildman–Crippen LogP) is 4.79.